The van der Waals surface area contributed by atoms with Crippen LogP contribution >= 0.6 is 0 Å². The molecule has 2 N–H and O–H groups in total. The molecule has 4 heteroatoms. The highest BCUT2D eigenvalue weighted by molar-refractivity contribution is 5.80. The van der Waals surface area contributed by atoms with Crippen molar-refractivity contribution >= 4 is 5.91 Å². The van der Waals surface area contributed by atoms with E-state index in [1.54, 1.807) is 19.0 Å². The molecule has 0 bridgehead atoms. The van der Waals surface area contributed by atoms with E-state index in [0.29, 0.717) is 0 Å². The minimum Gasteiger partial charge on any atom is -0.396 e. The lowest BCUT2D eigenvalue weighted by atomic mass is 10.2. The molecule has 0 rings (SSSR count). The van der Waals surface area contributed by atoms with Crippen molar-refractivity contribution in [1.82, 2.24) is 10.2 Å². The Kier molecular flexibility index (Phi) is 7.42. The van der Waals surface area contributed by atoms with Crippen LogP contribution < -0.4 is 5.32 Å². The van der Waals surface area contributed by atoms with Crippen molar-refractivity contribution in [3.05, 3.63) is 0 Å². The standard InChI is InChI=1S/C10H22N2O2/c1-9(10(14)12(2)3)11-7-5-4-6-8-13/h9,11,13H,4-8H2,1-3H3. The first kappa shape index (κ1) is 13.4. The molecule has 14 heavy (non-hydrogen) atoms. The molecule has 4 nitrogen and oxygen atoms in total. The molecule has 1 amide bonds. The van der Waals surface area contributed by atoms with Crippen molar-refractivity contribution in [2.45, 2.75) is 32.2 Å². The molecule has 0 aliphatic heterocycles. The Hall–Kier alpha value is -0.610. The van der Waals surface area contributed by atoms with E-state index >= 15 is 0 Å². The summed E-state index contributed by atoms with van der Waals surface area (Å²) < 4.78 is 0. The number of hydrogen-bond donors (Lipinski definition) is 2. The topological polar surface area (TPSA) is 52.6 Å². The summed E-state index contributed by atoms with van der Waals surface area (Å²) in [6.07, 6.45) is 2.86. The van der Waals surface area contributed by atoms with Gasteiger partial charge in [-0.25, -0.2) is 0 Å². The molecule has 0 radical (unpaired) electrons. The number of hydrogen-bond acceptors (Lipinski definition) is 3. The molecule has 0 aliphatic carbocycles. The zero-order chi connectivity index (χ0) is 11.0. The SMILES string of the molecule is CC(NCCCCCO)C(=O)N(C)C. The zero-order valence-electron chi connectivity index (χ0n) is 9.42. The highest BCUT2D eigenvalue weighted by Gasteiger charge is 2.12. The van der Waals surface area contributed by atoms with Gasteiger partial charge in [-0.15, -0.1) is 0 Å². The molecular formula is C10H22N2O2. The summed E-state index contributed by atoms with van der Waals surface area (Å²) in [7, 11) is 3.51. The summed E-state index contributed by atoms with van der Waals surface area (Å²) in [6, 6.07) is -0.112. The maximum absolute atomic E-state index is 11.4. The molecule has 1 atom stereocenters. The minimum atomic E-state index is -0.112. The van der Waals surface area contributed by atoms with Crippen molar-refractivity contribution in [3.63, 3.8) is 0 Å². The Labute approximate surface area is 86.3 Å². The predicted molar refractivity (Wildman–Crippen MR) is 57.1 cm³/mol. The largest absolute Gasteiger partial charge is 0.396 e. The molecule has 0 fully saturated rings. The fourth-order valence-corrected chi connectivity index (χ4v) is 1.21. The lowest BCUT2D eigenvalue weighted by molar-refractivity contribution is -0.130. The first-order valence-corrected chi connectivity index (χ1v) is 5.15. The number of nitrogens with one attached hydrogen (secondary N) is 1. The molecule has 0 aliphatic rings. The third kappa shape index (κ3) is 5.94. The van der Waals surface area contributed by atoms with Crippen molar-refractivity contribution in [2.75, 3.05) is 27.2 Å². The van der Waals surface area contributed by atoms with Gasteiger partial charge in [0.2, 0.25) is 5.91 Å². The van der Waals surface area contributed by atoms with Gasteiger partial charge in [0.05, 0.1) is 6.04 Å². The summed E-state index contributed by atoms with van der Waals surface area (Å²) in [6.45, 7) is 2.96. The highest BCUT2D eigenvalue weighted by atomic mass is 16.2. The molecule has 0 aromatic rings. The van der Waals surface area contributed by atoms with E-state index in [0.717, 1.165) is 25.8 Å². The van der Waals surface area contributed by atoms with Crippen LogP contribution in [0.15, 0.2) is 0 Å². The predicted octanol–water partition coefficient (Wildman–Crippen LogP) is 0.215. The molecule has 0 spiro atoms. The van der Waals surface area contributed by atoms with E-state index in [4.69, 9.17) is 5.11 Å². The van der Waals surface area contributed by atoms with Crippen LogP contribution in [0.2, 0.25) is 0 Å². The van der Waals surface area contributed by atoms with Crippen LogP contribution in [0.5, 0.6) is 0 Å². The van der Waals surface area contributed by atoms with Gasteiger partial charge in [0, 0.05) is 20.7 Å². The quantitative estimate of drug-likeness (QED) is 0.580. The van der Waals surface area contributed by atoms with Crippen molar-refractivity contribution < 1.29 is 9.90 Å². The van der Waals surface area contributed by atoms with Gasteiger partial charge in [0.15, 0.2) is 0 Å². The smallest absolute Gasteiger partial charge is 0.238 e. The number of likely N-dealkylation sites (N-methyl/N-ethyl adjacent to an activating group) is 1. The van der Waals surface area contributed by atoms with Crippen LogP contribution in [-0.2, 0) is 4.79 Å². The summed E-state index contributed by atoms with van der Waals surface area (Å²) >= 11 is 0. The summed E-state index contributed by atoms with van der Waals surface area (Å²) in [5.74, 6) is 0.104. The molecule has 84 valence electrons. The maximum atomic E-state index is 11.4. The number of rotatable bonds is 7. The van der Waals surface area contributed by atoms with E-state index in [9.17, 15) is 4.79 Å². The number of aliphatic hydroxyl groups is 1. The van der Waals surface area contributed by atoms with Crippen LogP contribution in [0.4, 0.5) is 0 Å². The van der Waals surface area contributed by atoms with Gasteiger partial charge < -0.3 is 15.3 Å². The molecule has 0 saturated heterocycles. The Morgan fingerprint density at radius 3 is 2.50 bits per heavy atom. The second-order valence-electron chi connectivity index (χ2n) is 3.69. The average molecular weight is 202 g/mol. The van der Waals surface area contributed by atoms with Crippen molar-refractivity contribution in [3.8, 4) is 0 Å². The molecule has 0 heterocycles. The number of unbranched alkanes of at least 4 members (excludes halogenated alkanes) is 2. The summed E-state index contributed by atoms with van der Waals surface area (Å²) in [5, 5.41) is 11.7. The third-order valence-corrected chi connectivity index (χ3v) is 2.10. The van der Waals surface area contributed by atoms with Gasteiger partial charge in [0.1, 0.15) is 0 Å². The van der Waals surface area contributed by atoms with E-state index in [-0.39, 0.29) is 18.6 Å². The van der Waals surface area contributed by atoms with E-state index in [2.05, 4.69) is 5.32 Å². The normalized spacial score (nSPS) is 12.6. The number of carbonyl (C=O) groups is 1. The van der Waals surface area contributed by atoms with Crippen LogP contribution in [0, 0.1) is 0 Å². The van der Waals surface area contributed by atoms with Gasteiger partial charge in [0.25, 0.3) is 0 Å². The maximum Gasteiger partial charge on any atom is 0.238 e. The molecule has 0 aromatic heterocycles. The van der Waals surface area contributed by atoms with Crippen molar-refractivity contribution in [1.29, 1.82) is 0 Å². The lowest BCUT2D eigenvalue weighted by Crippen LogP contribution is -2.41. The fourth-order valence-electron chi connectivity index (χ4n) is 1.21. The van der Waals surface area contributed by atoms with Crippen molar-refractivity contribution in [2.24, 2.45) is 0 Å². The number of nitrogens with zero attached hydrogens (tertiary/aromatic N) is 1. The summed E-state index contributed by atoms with van der Waals surface area (Å²) in [4.78, 5) is 13.0. The van der Waals surface area contributed by atoms with Crippen LogP contribution in [0.25, 0.3) is 0 Å². The van der Waals surface area contributed by atoms with Crippen LogP contribution in [0.1, 0.15) is 26.2 Å². The fraction of sp³-hybridized carbons (Fsp3) is 0.900. The molecule has 0 aromatic carbocycles. The number of carbonyl (C=O) groups excluding carboxylic acids is 1. The third-order valence-electron chi connectivity index (χ3n) is 2.10. The number of amides is 1. The lowest BCUT2D eigenvalue weighted by Gasteiger charge is -2.17. The number of aliphatic hydroxyl groups excluding tert-OH is 1. The Bertz CT molecular complexity index is 160. The molecule has 0 saturated carbocycles. The highest BCUT2D eigenvalue weighted by Crippen LogP contribution is 1.94. The Morgan fingerprint density at radius 2 is 2.00 bits per heavy atom. The Balaban J connectivity index is 3.44. The second-order valence-corrected chi connectivity index (χ2v) is 3.69. The molecular weight excluding hydrogens is 180 g/mol. The molecule has 1 unspecified atom stereocenters. The summed E-state index contributed by atoms with van der Waals surface area (Å²) in [5.41, 5.74) is 0. The van der Waals surface area contributed by atoms with E-state index in [1.165, 1.54) is 0 Å². The first-order chi connectivity index (χ1) is 6.59. The first-order valence-electron chi connectivity index (χ1n) is 5.15. The van der Waals surface area contributed by atoms with Gasteiger partial charge in [-0.1, -0.05) is 0 Å². The van der Waals surface area contributed by atoms with Gasteiger partial charge in [-0.2, -0.15) is 0 Å². The van der Waals surface area contributed by atoms with E-state index < -0.39 is 0 Å². The average Bonchev–Trinajstić information content (AvgIpc) is 2.16. The zero-order valence-corrected chi connectivity index (χ0v) is 9.42. The van der Waals surface area contributed by atoms with Crippen LogP contribution in [0.3, 0.4) is 0 Å². The Morgan fingerprint density at radius 1 is 1.36 bits per heavy atom. The minimum absolute atomic E-state index is 0.104. The van der Waals surface area contributed by atoms with E-state index in [1.807, 2.05) is 6.92 Å². The monoisotopic (exact) mass is 202 g/mol. The van der Waals surface area contributed by atoms with Crippen LogP contribution in [-0.4, -0.2) is 49.2 Å². The van der Waals surface area contributed by atoms with Gasteiger partial charge in [-0.3, -0.25) is 4.79 Å². The van der Waals surface area contributed by atoms with Gasteiger partial charge in [-0.05, 0) is 32.7 Å². The van der Waals surface area contributed by atoms with Gasteiger partial charge >= 0.3 is 0 Å². The second kappa shape index (κ2) is 7.76.